The summed E-state index contributed by atoms with van der Waals surface area (Å²) in [7, 11) is 0. The summed E-state index contributed by atoms with van der Waals surface area (Å²) in [6.45, 7) is 24.0. The molecule has 0 saturated heterocycles. The van der Waals surface area contributed by atoms with Gasteiger partial charge in [-0.2, -0.15) is 0 Å². The first-order valence-electron chi connectivity index (χ1n) is 29.3. The van der Waals surface area contributed by atoms with Gasteiger partial charge < -0.3 is 5.11 Å². The monoisotopic (exact) mass is 898 g/mol. The van der Waals surface area contributed by atoms with Gasteiger partial charge >= 0.3 is 0 Å². The molecule has 0 aliphatic heterocycles. The molecular formula is C63H71N3O. The predicted octanol–water partition coefficient (Wildman–Crippen LogP) is 17.9. The number of hydrogen-bond donors (Lipinski definition) is 1. The lowest BCUT2D eigenvalue weighted by Gasteiger charge is -2.22. The molecule has 0 spiro atoms. The summed E-state index contributed by atoms with van der Waals surface area (Å²) in [4.78, 5) is 9.94. The summed E-state index contributed by atoms with van der Waals surface area (Å²) in [6.07, 6.45) is -0.514. The van der Waals surface area contributed by atoms with E-state index in [9.17, 15) is 6.48 Å². The lowest BCUT2D eigenvalue weighted by atomic mass is 9.83. The second kappa shape index (κ2) is 18.1. The molecule has 0 aliphatic rings. The van der Waals surface area contributed by atoms with Crippen molar-refractivity contribution < 1.29 is 21.6 Å². The number of phenols is 1. The Balaban J connectivity index is 1.46. The number of benzene rings is 6. The molecular weight excluding hydrogens is 815 g/mol. The number of aryl methyl sites for hydroxylation is 1. The molecule has 8 aromatic rings. The van der Waals surface area contributed by atoms with Crippen LogP contribution >= 0.6 is 0 Å². The van der Waals surface area contributed by atoms with Crippen LogP contribution in [-0.4, -0.2) is 19.6 Å². The quantitative estimate of drug-likeness (QED) is 0.149. The summed E-state index contributed by atoms with van der Waals surface area (Å²) >= 11 is 0. The number of phenolic OH excluding ortho intramolecular Hbond substituents is 1. The van der Waals surface area contributed by atoms with Crippen LogP contribution in [0.1, 0.15) is 176 Å². The Morgan fingerprint density at radius 3 is 1.88 bits per heavy atom. The van der Waals surface area contributed by atoms with Crippen LogP contribution in [0.3, 0.4) is 0 Å². The Bertz CT molecular complexity index is 3690. The number of hydrogen-bond acceptors (Lipinski definition) is 3. The van der Waals surface area contributed by atoms with E-state index in [4.69, 9.17) is 20.1 Å². The Kier molecular flexibility index (Phi) is 9.21. The average Bonchev–Trinajstić information content (AvgIpc) is 3.81. The minimum atomic E-state index is -2.69. The highest BCUT2D eigenvalue weighted by Crippen LogP contribution is 2.44. The van der Waals surface area contributed by atoms with E-state index >= 15 is 0 Å². The largest absolute Gasteiger partial charge is 0.507 e. The van der Waals surface area contributed by atoms with E-state index in [1.807, 2.05) is 107 Å². The standard InChI is InChI=1S/C63H71N3O/c1-37(2)45-28-46(38(3)4)30-48(29-45)43-21-24-57(41(9)27-43)66-58-18-16-17-53(59(58)65-61(66)55-35-47(39(5)6)34-54(40(7)8)60(55)67)49-31-50(33-52(32-49)63(13,14)15)56-36-44(25-26-64-56)42-19-22-51(23-20-42)62(10,11)12/h16-40,67H,1-15H3/i9D3,19D,20D,22D,23D,25D,26D,36D,37D,38D. The minimum absolute atomic E-state index is 0.00228. The third-order valence-electron chi connectivity index (χ3n) is 12.6. The first-order valence-corrected chi connectivity index (χ1v) is 23.3. The molecule has 0 radical (unpaired) electrons. The van der Waals surface area contributed by atoms with Crippen LogP contribution in [0.25, 0.3) is 72.7 Å². The van der Waals surface area contributed by atoms with Crippen molar-refractivity contribution in [2.24, 2.45) is 0 Å². The summed E-state index contributed by atoms with van der Waals surface area (Å²) in [6, 6.07) is 23.8. The van der Waals surface area contributed by atoms with Crippen molar-refractivity contribution in [3.05, 3.63) is 166 Å². The first kappa shape index (κ1) is 34.1. The van der Waals surface area contributed by atoms with Gasteiger partial charge in [-0.3, -0.25) is 9.55 Å². The lowest BCUT2D eigenvalue weighted by molar-refractivity contribution is 0.466. The van der Waals surface area contributed by atoms with Gasteiger partial charge in [0.05, 0.1) is 37.6 Å². The fraction of sp³-hybridized carbons (Fsp3) is 0.333. The van der Waals surface area contributed by atoms with Gasteiger partial charge in [-0.05, 0) is 157 Å². The average molecular weight is 898 g/mol. The van der Waals surface area contributed by atoms with Gasteiger partial charge in [-0.25, -0.2) is 4.98 Å². The molecule has 4 heteroatoms. The van der Waals surface area contributed by atoms with E-state index < -0.39 is 53.8 Å². The van der Waals surface area contributed by atoms with Gasteiger partial charge in [0.15, 0.2) is 0 Å². The van der Waals surface area contributed by atoms with Gasteiger partial charge in [0.25, 0.3) is 0 Å². The van der Waals surface area contributed by atoms with Crippen molar-refractivity contribution in [1.82, 2.24) is 14.5 Å². The molecule has 0 fully saturated rings. The van der Waals surface area contributed by atoms with Crippen molar-refractivity contribution in [2.45, 2.75) is 138 Å². The van der Waals surface area contributed by atoms with Gasteiger partial charge in [0, 0.05) is 24.2 Å². The molecule has 0 saturated carbocycles. The number of aromatic nitrogens is 3. The molecule has 2 aromatic heterocycles. The zero-order chi connectivity index (χ0) is 58.7. The maximum atomic E-state index is 12.4. The summed E-state index contributed by atoms with van der Waals surface area (Å²) < 4.78 is 111. The normalized spacial score (nSPS) is 15.5. The minimum Gasteiger partial charge on any atom is -0.507 e. The fourth-order valence-corrected chi connectivity index (χ4v) is 8.41. The fourth-order valence-electron chi connectivity index (χ4n) is 8.41. The van der Waals surface area contributed by atoms with Crippen LogP contribution in [0.5, 0.6) is 5.75 Å². The summed E-state index contributed by atoms with van der Waals surface area (Å²) in [5, 5.41) is 12.4. The Morgan fingerprint density at radius 1 is 0.597 bits per heavy atom. The van der Waals surface area contributed by atoms with Crippen LogP contribution < -0.4 is 0 Å². The van der Waals surface area contributed by atoms with Crippen LogP contribution in [0.4, 0.5) is 0 Å². The molecule has 0 amide bonds. The molecule has 4 nitrogen and oxygen atoms in total. The SMILES string of the molecule is [2H]c1nc(-c2cc(-c3cccc4c3nc(-c3cc(C(C)C)cc(C(C)C)c3O)n4-c3ccc(-c4cc(C([2H])(C)C)cc(C([2H])(C)C)c4)cc3C([2H])([2H])[2H])cc(C(C)(C)C)c2)c([2H])c(-c2c([2H])c([2H])c(C(C)(C)C)c([2H])c2[2H])c1[2H]. The van der Waals surface area contributed by atoms with Crippen LogP contribution in [0, 0.1) is 6.85 Å². The van der Waals surface area contributed by atoms with E-state index in [-0.39, 0.29) is 69.5 Å². The highest BCUT2D eigenvalue weighted by molar-refractivity contribution is 5.97. The maximum absolute atomic E-state index is 12.4. The van der Waals surface area contributed by atoms with Crippen molar-refractivity contribution in [3.8, 4) is 67.5 Å². The van der Waals surface area contributed by atoms with Crippen molar-refractivity contribution in [2.75, 3.05) is 0 Å². The molecule has 67 heavy (non-hydrogen) atoms. The number of aromatic hydroxyl groups is 1. The molecule has 344 valence electrons. The highest BCUT2D eigenvalue weighted by atomic mass is 16.3. The molecule has 0 bridgehead atoms. The number of pyridine rings is 1. The molecule has 6 aromatic carbocycles. The maximum Gasteiger partial charge on any atom is 0.149 e. The van der Waals surface area contributed by atoms with Gasteiger partial charge in [0.1, 0.15) is 11.6 Å². The number of para-hydroxylation sites is 1. The number of fused-ring (bicyclic) bond motifs is 1. The van der Waals surface area contributed by atoms with E-state index in [1.54, 1.807) is 65.2 Å². The van der Waals surface area contributed by atoms with Crippen LogP contribution in [0.2, 0.25) is 0 Å². The van der Waals surface area contributed by atoms with E-state index in [2.05, 4.69) is 18.8 Å². The summed E-state index contributed by atoms with van der Waals surface area (Å²) in [5.74, 6) is -1.80. The summed E-state index contributed by atoms with van der Waals surface area (Å²) in [5.41, 5.74) is 6.74. The van der Waals surface area contributed by atoms with E-state index in [1.165, 1.54) is 0 Å². The topological polar surface area (TPSA) is 50.9 Å². The Hall–Kier alpha value is -6.26. The smallest absolute Gasteiger partial charge is 0.149 e. The molecule has 0 aliphatic carbocycles. The molecule has 1 N–H and O–H groups in total. The van der Waals surface area contributed by atoms with E-state index in [0.717, 1.165) is 11.1 Å². The van der Waals surface area contributed by atoms with Crippen molar-refractivity contribution in [1.29, 1.82) is 0 Å². The number of rotatable bonds is 10. The van der Waals surface area contributed by atoms with Gasteiger partial charge in [-0.1, -0.05) is 170 Å². The number of imidazole rings is 1. The Labute approximate surface area is 418 Å². The second-order valence-corrected chi connectivity index (χ2v) is 21.0. The zero-order valence-electron chi connectivity index (χ0n) is 53.5. The highest BCUT2D eigenvalue weighted by Gasteiger charge is 2.26. The van der Waals surface area contributed by atoms with Crippen molar-refractivity contribution in [3.63, 3.8) is 0 Å². The third kappa shape index (κ3) is 9.51. The van der Waals surface area contributed by atoms with Crippen LogP contribution in [0.15, 0.2) is 127 Å². The van der Waals surface area contributed by atoms with E-state index in [0.29, 0.717) is 66.8 Å². The lowest BCUT2D eigenvalue weighted by Crippen LogP contribution is -2.11. The Morgan fingerprint density at radius 2 is 1.27 bits per heavy atom. The van der Waals surface area contributed by atoms with Gasteiger partial charge in [0.2, 0.25) is 0 Å². The number of nitrogens with zero attached hydrogens (tertiary/aromatic N) is 3. The van der Waals surface area contributed by atoms with Crippen LogP contribution in [-0.2, 0) is 10.8 Å². The molecule has 0 atom stereocenters. The molecule has 2 heterocycles. The zero-order valence-corrected chi connectivity index (χ0v) is 41.5. The first-order chi connectivity index (χ1) is 36.3. The van der Waals surface area contributed by atoms with Gasteiger partial charge in [-0.15, -0.1) is 0 Å². The predicted molar refractivity (Wildman–Crippen MR) is 286 cm³/mol. The third-order valence-corrected chi connectivity index (χ3v) is 12.6. The van der Waals surface area contributed by atoms with Crippen molar-refractivity contribution >= 4 is 11.0 Å². The second-order valence-electron chi connectivity index (χ2n) is 21.0. The molecule has 0 unspecified atom stereocenters. The molecule has 8 rings (SSSR count).